The van der Waals surface area contributed by atoms with Crippen molar-refractivity contribution >= 4 is 105 Å². The first kappa shape index (κ1) is 34.4. The Bertz CT molecular complexity index is 3830. The summed E-state index contributed by atoms with van der Waals surface area (Å²) in [5.41, 5.74) is 9.84. The predicted molar refractivity (Wildman–Crippen MR) is 263 cm³/mol. The number of aromatic nitrogens is 1. The molecule has 0 radical (unpaired) electrons. The van der Waals surface area contributed by atoms with E-state index in [4.69, 9.17) is 9.47 Å². The molecule has 0 unspecified atom stereocenters. The molecule has 2 aliphatic heterocycles. The second kappa shape index (κ2) is 13.1. The smallest absolute Gasteiger partial charge is 0.262 e. The van der Waals surface area contributed by atoms with Gasteiger partial charge in [0.25, 0.3) is 6.71 Å². The van der Waals surface area contributed by atoms with Crippen molar-refractivity contribution in [3.63, 3.8) is 0 Å². The van der Waals surface area contributed by atoms with Crippen molar-refractivity contribution in [3.05, 3.63) is 212 Å². The van der Waals surface area contributed by atoms with Gasteiger partial charge in [-0.05, 0) is 97.8 Å². The molecule has 2 aliphatic rings. The van der Waals surface area contributed by atoms with Gasteiger partial charge >= 0.3 is 0 Å². The Balaban J connectivity index is 1.15. The molecular weight excluding hydrogens is 767 g/mol. The second-order valence-electron chi connectivity index (χ2n) is 16.7. The SMILES string of the molecule is c1ccc(N(c2cccc3ccccc23)c2cc3c(c4ccccc24)c2cc4c5c(c2n3-c2ccccc2)Oc2ccc3ccccc3c2B5c2c(ccc3ccccc23)O4)cc1. The minimum atomic E-state index is -0.140. The fourth-order valence-corrected chi connectivity index (χ4v) is 10.8. The molecule has 14 rings (SSSR count). The summed E-state index contributed by atoms with van der Waals surface area (Å²) in [6.07, 6.45) is 0. The average Bonchev–Trinajstić information content (AvgIpc) is 3.68. The molecular formula is C58H35BN2O2. The lowest BCUT2D eigenvalue weighted by Gasteiger charge is -2.35. The van der Waals surface area contributed by atoms with Crippen LogP contribution in [0.2, 0.25) is 0 Å². The van der Waals surface area contributed by atoms with Crippen LogP contribution >= 0.6 is 0 Å². The molecule has 0 fully saturated rings. The molecule has 4 nitrogen and oxygen atoms in total. The minimum absolute atomic E-state index is 0.140. The summed E-state index contributed by atoms with van der Waals surface area (Å²) in [5, 5.41) is 11.6. The summed E-state index contributed by atoms with van der Waals surface area (Å²) in [7, 11) is 0. The highest BCUT2D eigenvalue weighted by Crippen LogP contribution is 2.50. The Morgan fingerprint density at radius 3 is 1.63 bits per heavy atom. The van der Waals surface area contributed by atoms with E-state index in [1.54, 1.807) is 0 Å². The topological polar surface area (TPSA) is 26.6 Å². The van der Waals surface area contributed by atoms with Gasteiger partial charge in [-0.1, -0.05) is 158 Å². The summed E-state index contributed by atoms with van der Waals surface area (Å²) in [6.45, 7) is -0.140. The summed E-state index contributed by atoms with van der Waals surface area (Å²) >= 11 is 0. The zero-order valence-electron chi connectivity index (χ0n) is 34.0. The van der Waals surface area contributed by atoms with Crippen molar-refractivity contribution in [3.8, 4) is 28.7 Å². The minimum Gasteiger partial charge on any atom is -0.458 e. The van der Waals surface area contributed by atoms with Gasteiger partial charge in [0.1, 0.15) is 17.2 Å². The van der Waals surface area contributed by atoms with Gasteiger partial charge in [-0.15, -0.1) is 0 Å². The van der Waals surface area contributed by atoms with Crippen LogP contribution in [0, 0.1) is 0 Å². The number of rotatable bonds is 4. The van der Waals surface area contributed by atoms with Gasteiger partial charge in [-0.2, -0.15) is 0 Å². The molecule has 0 N–H and O–H groups in total. The van der Waals surface area contributed by atoms with Crippen LogP contribution in [0.1, 0.15) is 0 Å². The van der Waals surface area contributed by atoms with Crippen molar-refractivity contribution in [2.45, 2.75) is 0 Å². The van der Waals surface area contributed by atoms with Gasteiger partial charge < -0.3 is 18.9 Å². The number of ether oxygens (including phenoxy) is 2. The van der Waals surface area contributed by atoms with Crippen LogP contribution in [0.25, 0.3) is 70.6 Å². The molecule has 292 valence electrons. The first-order chi connectivity index (χ1) is 31.3. The Morgan fingerprint density at radius 1 is 0.381 bits per heavy atom. The lowest BCUT2D eigenvalue weighted by atomic mass is 9.33. The number of fused-ring (bicyclic) bond motifs is 15. The normalized spacial score (nSPS) is 12.7. The summed E-state index contributed by atoms with van der Waals surface area (Å²) in [5.74, 6) is 3.40. The molecule has 0 bridgehead atoms. The molecule has 0 amide bonds. The Labute approximate surface area is 363 Å². The molecule has 12 aromatic rings. The van der Waals surface area contributed by atoms with E-state index in [1.165, 1.54) is 43.2 Å². The van der Waals surface area contributed by atoms with Crippen LogP contribution in [0.4, 0.5) is 17.1 Å². The van der Waals surface area contributed by atoms with Crippen molar-refractivity contribution in [2.24, 2.45) is 0 Å². The first-order valence-corrected chi connectivity index (χ1v) is 21.6. The van der Waals surface area contributed by atoms with E-state index >= 15 is 0 Å². The quantitative estimate of drug-likeness (QED) is 0.166. The maximum atomic E-state index is 7.43. The number of anilines is 3. The van der Waals surface area contributed by atoms with Crippen LogP contribution in [0.5, 0.6) is 23.0 Å². The van der Waals surface area contributed by atoms with E-state index in [2.05, 4.69) is 222 Å². The summed E-state index contributed by atoms with van der Waals surface area (Å²) < 4.78 is 17.0. The van der Waals surface area contributed by atoms with Gasteiger partial charge in [-0.3, -0.25) is 0 Å². The third kappa shape index (κ3) is 4.87. The lowest BCUT2D eigenvalue weighted by molar-refractivity contribution is 0.468. The van der Waals surface area contributed by atoms with Gasteiger partial charge in [-0.25, -0.2) is 0 Å². The molecule has 0 atom stereocenters. The number of hydrogen-bond acceptors (Lipinski definition) is 3. The highest BCUT2D eigenvalue weighted by molar-refractivity contribution is 7.01. The van der Waals surface area contributed by atoms with E-state index in [0.717, 1.165) is 83.8 Å². The number of nitrogens with zero attached hydrogens (tertiary/aromatic N) is 2. The first-order valence-electron chi connectivity index (χ1n) is 21.6. The largest absolute Gasteiger partial charge is 0.458 e. The molecule has 63 heavy (non-hydrogen) atoms. The molecule has 1 aromatic heterocycles. The Morgan fingerprint density at radius 2 is 0.937 bits per heavy atom. The van der Waals surface area contributed by atoms with Crippen molar-refractivity contribution in [1.29, 1.82) is 0 Å². The number of hydrogen-bond donors (Lipinski definition) is 0. The fraction of sp³-hybridized carbons (Fsp3) is 0. The highest BCUT2D eigenvalue weighted by atomic mass is 16.5. The maximum absolute atomic E-state index is 7.43. The van der Waals surface area contributed by atoms with Crippen LogP contribution in [0.15, 0.2) is 212 Å². The third-order valence-electron chi connectivity index (χ3n) is 13.4. The van der Waals surface area contributed by atoms with Crippen molar-refractivity contribution in [1.82, 2.24) is 4.57 Å². The van der Waals surface area contributed by atoms with E-state index < -0.39 is 0 Å². The Hall–Kier alpha value is -8.28. The maximum Gasteiger partial charge on any atom is 0.262 e. The number of para-hydroxylation sites is 2. The predicted octanol–water partition coefficient (Wildman–Crippen LogP) is 13.6. The van der Waals surface area contributed by atoms with E-state index in [-0.39, 0.29) is 6.71 Å². The van der Waals surface area contributed by atoms with Crippen molar-refractivity contribution < 1.29 is 9.47 Å². The van der Waals surface area contributed by atoms with Gasteiger partial charge in [0.2, 0.25) is 0 Å². The third-order valence-corrected chi connectivity index (χ3v) is 13.4. The Kier molecular flexibility index (Phi) is 7.17. The van der Waals surface area contributed by atoms with Crippen LogP contribution in [0.3, 0.4) is 0 Å². The van der Waals surface area contributed by atoms with Crippen LogP contribution in [-0.2, 0) is 0 Å². The molecule has 0 spiro atoms. The zero-order chi connectivity index (χ0) is 41.2. The molecule has 0 saturated heterocycles. The van der Waals surface area contributed by atoms with Crippen molar-refractivity contribution in [2.75, 3.05) is 4.90 Å². The molecule has 11 aromatic carbocycles. The van der Waals surface area contributed by atoms with Gasteiger partial charge in [0, 0.05) is 38.4 Å². The van der Waals surface area contributed by atoms with Crippen LogP contribution in [-0.4, -0.2) is 11.3 Å². The van der Waals surface area contributed by atoms with E-state index in [9.17, 15) is 0 Å². The molecule has 0 aliphatic carbocycles. The molecule has 5 heteroatoms. The van der Waals surface area contributed by atoms with E-state index in [0.29, 0.717) is 0 Å². The summed E-state index contributed by atoms with van der Waals surface area (Å²) in [4.78, 5) is 2.44. The van der Waals surface area contributed by atoms with Gasteiger partial charge in [0.15, 0.2) is 5.75 Å². The standard InChI is InChI=1S/C58H35BN2O2/c1-3-20-39(21-4-1)60(47-29-15-19-36-16-7-10-24-41(36)47)48-35-49-53(45-28-14-13-27-44(45)48)46-34-52-56-58(57(46)61(49)40-22-5-2-6-23-40)63-51-33-31-38-18-9-12-26-43(38)55(51)59(56)54-42-25-11-8-17-37(42)30-32-50(54)62-52/h1-35H. The molecule has 3 heterocycles. The molecule has 0 saturated carbocycles. The second-order valence-corrected chi connectivity index (χ2v) is 16.7. The van der Waals surface area contributed by atoms with Crippen LogP contribution < -0.4 is 30.8 Å². The van der Waals surface area contributed by atoms with E-state index in [1.807, 2.05) is 0 Å². The summed E-state index contributed by atoms with van der Waals surface area (Å²) in [6, 6.07) is 76.5. The average molecular weight is 803 g/mol. The monoisotopic (exact) mass is 802 g/mol. The van der Waals surface area contributed by atoms with Gasteiger partial charge in [0.05, 0.1) is 22.4 Å². The highest BCUT2D eigenvalue weighted by Gasteiger charge is 2.44. The lowest BCUT2D eigenvalue weighted by Crippen LogP contribution is -2.58. The fourth-order valence-electron chi connectivity index (χ4n) is 10.8. The number of benzene rings is 11. The zero-order valence-corrected chi connectivity index (χ0v) is 34.0.